The number of rotatable bonds is 7. The van der Waals surface area contributed by atoms with E-state index in [4.69, 9.17) is 16.3 Å². The average molecular weight is 303 g/mol. The highest BCUT2D eigenvalue weighted by Crippen LogP contribution is 2.29. The maximum atomic E-state index is 6.28. The first kappa shape index (κ1) is 14.4. The number of ether oxygens (including phenoxy) is 1. The molecule has 1 aliphatic rings. The number of aromatic nitrogens is 1. The van der Waals surface area contributed by atoms with E-state index in [1.54, 1.807) is 12.4 Å². The molecule has 1 aromatic carbocycles. The molecule has 110 valence electrons. The molecule has 0 radical (unpaired) electrons. The molecule has 1 aliphatic carbocycles. The van der Waals surface area contributed by atoms with Gasteiger partial charge in [-0.25, -0.2) is 0 Å². The highest BCUT2D eigenvalue weighted by Gasteiger charge is 2.21. The lowest BCUT2D eigenvalue weighted by Crippen LogP contribution is -2.16. The van der Waals surface area contributed by atoms with E-state index in [0.717, 1.165) is 24.3 Å². The predicted octanol–water partition coefficient (Wildman–Crippen LogP) is 3.61. The SMILES string of the molecule is Clc1cccc(CNC2CC2)c1OCCc1ccncc1. The Morgan fingerprint density at radius 3 is 2.76 bits per heavy atom. The van der Waals surface area contributed by atoms with E-state index in [1.807, 2.05) is 24.3 Å². The Morgan fingerprint density at radius 2 is 2.00 bits per heavy atom. The first-order chi connectivity index (χ1) is 10.3. The first-order valence-electron chi connectivity index (χ1n) is 7.35. The molecule has 1 fully saturated rings. The summed E-state index contributed by atoms with van der Waals surface area (Å²) < 4.78 is 5.93. The third kappa shape index (κ3) is 4.19. The van der Waals surface area contributed by atoms with Gasteiger partial charge in [0.2, 0.25) is 0 Å². The number of para-hydroxylation sites is 1. The van der Waals surface area contributed by atoms with E-state index >= 15 is 0 Å². The van der Waals surface area contributed by atoms with Crippen LogP contribution in [0.15, 0.2) is 42.7 Å². The molecule has 3 nitrogen and oxygen atoms in total. The van der Waals surface area contributed by atoms with Crippen LogP contribution in [0, 0.1) is 0 Å². The quantitative estimate of drug-likeness (QED) is 0.848. The molecule has 0 saturated heterocycles. The van der Waals surface area contributed by atoms with Gasteiger partial charge in [0.25, 0.3) is 0 Å². The Labute approximate surface area is 130 Å². The fourth-order valence-electron chi connectivity index (χ4n) is 2.22. The Hall–Kier alpha value is -1.58. The third-order valence-corrected chi connectivity index (χ3v) is 3.89. The maximum Gasteiger partial charge on any atom is 0.142 e. The van der Waals surface area contributed by atoms with Crippen LogP contribution in [0.4, 0.5) is 0 Å². The summed E-state index contributed by atoms with van der Waals surface area (Å²) in [6, 6.07) is 10.6. The summed E-state index contributed by atoms with van der Waals surface area (Å²) in [6.45, 7) is 1.43. The van der Waals surface area contributed by atoms with Crippen LogP contribution < -0.4 is 10.1 Å². The standard InChI is InChI=1S/C17H19ClN2O/c18-16-3-1-2-14(12-20-15-4-5-15)17(16)21-11-8-13-6-9-19-10-7-13/h1-3,6-7,9-10,15,20H,4-5,8,11-12H2. The smallest absolute Gasteiger partial charge is 0.142 e. The van der Waals surface area contributed by atoms with Crippen LogP contribution in [-0.2, 0) is 13.0 Å². The molecule has 0 atom stereocenters. The average Bonchev–Trinajstić information content (AvgIpc) is 3.33. The lowest BCUT2D eigenvalue weighted by atomic mass is 10.2. The molecule has 0 spiro atoms. The van der Waals surface area contributed by atoms with Crippen molar-refractivity contribution in [1.82, 2.24) is 10.3 Å². The van der Waals surface area contributed by atoms with Gasteiger partial charge < -0.3 is 10.1 Å². The first-order valence-corrected chi connectivity index (χ1v) is 7.73. The molecule has 21 heavy (non-hydrogen) atoms. The Kier molecular flexibility index (Phi) is 4.73. The van der Waals surface area contributed by atoms with E-state index < -0.39 is 0 Å². The molecular formula is C17H19ClN2O. The lowest BCUT2D eigenvalue weighted by molar-refractivity contribution is 0.318. The van der Waals surface area contributed by atoms with Crippen molar-refractivity contribution < 1.29 is 4.74 Å². The minimum absolute atomic E-state index is 0.615. The number of nitrogens with one attached hydrogen (secondary N) is 1. The van der Waals surface area contributed by atoms with E-state index in [9.17, 15) is 0 Å². The highest BCUT2D eigenvalue weighted by molar-refractivity contribution is 6.32. The molecular weight excluding hydrogens is 284 g/mol. The molecule has 0 bridgehead atoms. The van der Waals surface area contributed by atoms with Crippen LogP contribution >= 0.6 is 11.6 Å². The highest BCUT2D eigenvalue weighted by atomic mass is 35.5. The minimum Gasteiger partial charge on any atom is -0.491 e. The van der Waals surface area contributed by atoms with Crippen molar-refractivity contribution in [3.05, 3.63) is 58.9 Å². The van der Waals surface area contributed by atoms with E-state index in [1.165, 1.54) is 18.4 Å². The summed E-state index contributed by atoms with van der Waals surface area (Å²) in [7, 11) is 0. The Bertz CT molecular complexity index is 585. The number of hydrogen-bond acceptors (Lipinski definition) is 3. The molecule has 4 heteroatoms. The second-order valence-electron chi connectivity index (χ2n) is 5.34. The number of nitrogens with zero attached hydrogens (tertiary/aromatic N) is 1. The number of benzene rings is 1. The topological polar surface area (TPSA) is 34.1 Å². The van der Waals surface area contributed by atoms with Crippen LogP contribution in [0.5, 0.6) is 5.75 Å². The van der Waals surface area contributed by atoms with Crippen LogP contribution in [-0.4, -0.2) is 17.6 Å². The van der Waals surface area contributed by atoms with E-state index in [0.29, 0.717) is 17.7 Å². The molecule has 1 saturated carbocycles. The summed E-state index contributed by atoms with van der Waals surface area (Å²) in [4.78, 5) is 4.02. The number of hydrogen-bond donors (Lipinski definition) is 1. The lowest BCUT2D eigenvalue weighted by Gasteiger charge is -2.13. The second kappa shape index (κ2) is 6.92. The van der Waals surface area contributed by atoms with Crippen molar-refractivity contribution in [2.45, 2.75) is 31.8 Å². The van der Waals surface area contributed by atoms with Gasteiger partial charge in [-0.1, -0.05) is 23.7 Å². The van der Waals surface area contributed by atoms with Gasteiger partial charge in [0, 0.05) is 37.0 Å². The largest absolute Gasteiger partial charge is 0.491 e. The fourth-order valence-corrected chi connectivity index (χ4v) is 2.47. The van der Waals surface area contributed by atoms with Crippen LogP contribution in [0.3, 0.4) is 0 Å². The molecule has 0 unspecified atom stereocenters. The fraction of sp³-hybridized carbons (Fsp3) is 0.353. The minimum atomic E-state index is 0.615. The van der Waals surface area contributed by atoms with Crippen LogP contribution in [0.25, 0.3) is 0 Å². The van der Waals surface area contributed by atoms with Gasteiger partial charge in [0.15, 0.2) is 0 Å². The van der Waals surface area contributed by atoms with Gasteiger partial charge in [-0.3, -0.25) is 4.98 Å². The molecule has 1 aromatic heterocycles. The van der Waals surface area contributed by atoms with Gasteiger partial charge in [0.1, 0.15) is 5.75 Å². The van der Waals surface area contributed by atoms with Gasteiger partial charge in [0.05, 0.1) is 11.6 Å². The van der Waals surface area contributed by atoms with Gasteiger partial charge in [-0.05, 0) is 36.6 Å². The molecule has 0 aliphatic heterocycles. The maximum absolute atomic E-state index is 6.28. The van der Waals surface area contributed by atoms with Crippen molar-refractivity contribution in [3.63, 3.8) is 0 Å². The van der Waals surface area contributed by atoms with Crippen molar-refractivity contribution in [2.24, 2.45) is 0 Å². The molecule has 1 heterocycles. The van der Waals surface area contributed by atoms with Gasteiger partial charge in [-0.2, -0.15) is 0 Å². The van der Waals surface area contributed by atoms with Crippen molar-refractivity contribution in [3.8, 4) is 5.75 Å². The number of halogens is 1. The molecule has 1 N–H and O–H groups in total. The predicted molar refractivity (Wildman–Crippen MR) is 84.7 cm³/mol. The summed E-state index contributed by atoms with van der Waals surface area (Å²) >= 11 is 6.28. The molecule has 2 aromatic rings. The zero-order valence-electron chi connectivity index (χ0n) is 11.9. The number of pyridine rings is 1. The summed E-state index contributed by atoms with van der Waals surface area (Å²) in [5, 5.41) is 4.18. The van der Waals surface area contributed by atoms with Crippen molar-refractivity contribution in [1.29, 1.82) is 0 Å². The molecule has 3 rings (SSSR count). The van der Waals surface area contributed by atoms with Crippen molar-refractivity contribution in [2.75, 3.05) is 6.61 Å². The van der Waals surface area contributed by atoms with E-state index in [-0.39, 0.29) is 0 Å². The zero-order valence-corrected chi connectivity index (χ0v) is 12.6. The van der Waals surface area contributed by atoms with Gasteiger partial charge in [-0.15, -0.1) is 0 Å². The van der Waals surface area contributed by atoms with Crippen molar-refractivity contribution >= 4 is 11.6 Å². The summed E-state index contributed by atoms with van der Waals surface area (Å²) in [5.41, 5.74) is 2.35. The molecule has 0 amide bonds. The zero-order chi connectivity index (χ0) is 14.5. The van der Waals surface area contributed by atoms with Gasteiger partial charge >= 0.3 is 0 Å². The second-order valence-corrected chi connectivity index (χ2v) is 5.74. The normalized spacial score (nSPS) is 14.1. The summed E-state index contributed by atoms with van der Waals surface area (Å²) in [6.07, 6.45) is 7.01. The Morgan fingerprint density at radius 1 is 1.19 bits per heavy atom. The van der Waals surface area contributed by atoms with Crippen LogP contribution in [0.1, 0.15) is 24.0 Å². The summed E-state index contributed by atoms with van der Waals surface area (Å²) in [5.74, 6) is 0.807. The van der Waals surface area contributed by atoms with E-state index in [2.05, 4.69) is 16.4 Å². The third-order valence-electron chi connectivity index (χ3n) is 3.59. The Balaban J connectivity index is 1.60. The van der Waals surface area contributed by atoms with Crippen LogP contribution in [0.2, 0.25) is 5.02 Å². The monoisotopic (exact) mass is 302 g/mol.